The predicted molar refractivity (Wildman–Crippen MR) is 53.2 cm³/mol. The summed E-state index contributed by atoms with van der Waals surface area (Å²) in [6, 6.07) is 0. The van der Waals surface area contributed by atoms with Crippen LogP contribution in [0.1, 0.15) is 45.4 Å². The number of rotatable bonds is 4. The molecular weight excluding hydrogens is 150 g/mol. The van der Waals surface area contributed by atoms with Crippen LogP contribution in [0.25, 0.3) is 0 Å². The maximum Gasteiger partial charge on any atom is 0.0466 e. The second-order valence-corrected chi connectivity index (χ2v) is 3.17. The molecule has 0 aromatic rings. The normalized spacial score (nSPS) is 15.5. The van der Waals surface area contributed by atoms with Gasteiger partial charge in [-0.25, -0.2) is 0 Å². The molecule has 2 nitrogen and oxygen atoms in total. The van der Waals surface area contributed by atoms with E-state index in [9.17, 15) is 0 Å². The molecule has 0 saturated carbocycles. The summed E-state index contributed by atoms with van der Waals surface area (Å²) in [4.78, 5) is 0. The van der Waals surface area contributed by atoms with Crippen LogP contribution in [0.2, 0.25) is 0 Å². The van der Waals surface area contributed by atoms with E-state index in [0.29, 0.717) is 0 Å². The minimum absolute atomic E-state index is 0.861. The summed E-state index contributed by atoms with van der Waals surface area (Å²) in [5.41, 5.74) is 5.27. The van der Waals surface area contributed by atoms with Crippen LogP contribution in [0, 0.1) is 0 Å². The third-order valence-corrected chi connectivity index (χ3v) is 1.89. The molecule has 12 heavy (non-hydrogen) atoms. The smallest absolute Gasteiger partial charge is 0.0466 e. The molecule has 1 fully saturated rings. The maximum absolute atomic E-state index is 5.27. The van der Waals surface area contributed by atoms with Crippen LogP contribution in [-0.2, 0) is 4.74 Å². The Labute approximate surface area is 76.5 Å². The number of nitrogens with two attached hydrogens (primary N) is 1. The summed E-state index contributed by atoms with van der Waals surface area (Å²) >= 11 is 0. The van der Waals surface area contributed by atoms with E-state index < -0.39 is 0 Å². The van der Waals surface area contributed by atoms with Gasteiger partial charge in [-0.05, 0) is 25.8 Å². The molecule has 0 atom stereocenters. The SMILES string of the molecule is C1CCOC1.CCCCCCN. The van der Waals surface area contributed by atoms with Gasteiger partial charge in [-0.1, -0.05) is 26.2 Å². The molecule has 2 N–H and O–H groups in total. The minimum atomic E-state index is 0.861. The van der Waals surface area contributed by atoms with Crippen LogP contribution < -0.4 is 5.73 Å². The standard InChI is InChI=1S/C6H15N.C4H8O/c1-2-3-4-5-6-7;1-2-4-5-3-1/h2-7H2,1H3;1-4H2. The number of hydrogen-bond acceptors (Lipinski definition) is 2. The Balaban J connectivity index is 0.000000211. The summed E-state index contributed by atoms with van der Waals surface area (Å²) in [6.07, 6.45) is 7.72. The Hall–Kier alpha value is -0.0800. The van der Waals surface area contributed by atoms with Crippen LogP contribution in [0.15, 0.2) is 0 Å². The van der Waals surface area contributed by atoms with E-state index in [4.69, 9.17) is 10.5 Å². The number of ether oxygens (including phenoxy) is 1. The fourth-order valence-corrected chi connectivity index (χ4v) is 1.08. The zero-order chi connectivity index (χ0) is 9.07. The minimum Gasteiger partial charge on any atom is -0.381 e. The van der Waals surface area contributed by atoms with E-state index >= 15 is 0 Å². The van der Waals surface area contributed by atoms with Gasteiger partial charge in [0.05, 0.1) is 0 Å². The summed E-state index contributed by atoms with van der Waals surface area (Å²) < 4.78 is 4.94. The first-order valence-electron chi connectivity index (χ1n) is 5.19. The molecular formula is C10H23NO. The highest BCUT2D eigenvalue weighted by molar-refractivity contribution is 4.43. The lowest BCUT2D eigenvalue weighted by atomic mass is 10.2. The van der Waals surface area contributed by atoms with Gasteiger partial charge in [-0.2, -0.15) is 0 Å². The fourth-order valence-electron chi connectivity index (χ4n) is 1.08. The molecule has 2 heteroatoms. The van der Waals surface area contributed by atoms with Crippen LogP contribution in [0.5, 0.6) is 0 Å². The van der Waals surface area contributed by atoms with Crippen LogP contribution in [0.4, 0.5) is 0 Å². The second-order valence-electron chi connectivity index (χ2n) is 3.17. The topological polar surface area (TPSA) is 35.2 Å². The first-order valence-corrected chi connectivity index (χ1v) is 5.19. The molecule has 1 aliphatic rings. The van der Waals surface area contributed by atoms with Gasteiger partial charge in [0.15, 0.2) is 0 Å². The van der Waals surface area contributed by atoms with Gasteiger partial charge in [0, 0.05) is 13.2 Å². The van der Waals surface area contributed by atoms with Gasteiger partial charge in [-0.3, -0.25) is 0 Å². The van der Waals surface area contributed by atoms with Gasteiger partial charge in [-0.15, -0.1) is 0 Å². The maximum atomic E-state index is 5.27. The van der Waals surface area contributed by atoms with Crippen LogP contribution in [-0.4, -0.2) is 19.8 Å². The van der Waals surface area contributed by atoms with Gasteiger partial charge in [0.25, 0.3) is 0 Å². The Kier molecular flexibility index (Phi) is 10.8. The van der Waals surface area contributed by atoms with E-state index in [1.807, 2.05) is 0 Å². The monoisotopic (exact) mass is 173 g/mol. The molecule has 0 aromatic carbocycles. The second kappa shape index (κ2) is 10.9. The summed E-state index contributed by atoms with van der Waals surface area (Å²) in [6.45, 7) is 5.07. The lowest BCUT2D eigenvalue weighted by Gasteiger charge is -1.90. The highest BCUT2D eigenvalue weighted by Crippen LogP contribution is 1.98. The average molecular weight is 173 g/mol. The zero-order valence-electron chi connectivity index (χ0n) is 8.35. The van der Waals surface area contributed by atoms with Crippen molar-refractivity contribution in [1.29, 1.82) is 0 Å². The summed E-state index contributed by atoms with van der Waals surface area (Å²) in [5, 5.41) is 0. The van der Waals surface area contributed by atoms with Crippen molar-refractivity contribution < 1.29 is 4.74 Å². The predicted octanol–water partition coefficient (Wildman–Crippen LogP) is 2.32. The van der Waals surface area contributed by atoms with E-state index in [1.165, 1.54) is 38.5 Å². The highest BCUT2D eigenvalue weighted by atomic mass is 16.5. The van der Waals surface area contributed by atoms with E-state index in [-0.39, 0.29) is 0 Å². The Morgan fingerprint density at radius 1 is 1.08 bits per heavy atom. The van der Waals surface area contributed by atoms with E-state index in [2.05, 4.69) is 6.92 Å². The first-order chi connectivity index (χ1) is 5.91. The molecule has 0 spiro atoms. The van der Waals surface area contributed by atoms with Gasteiger partial charge >= 0.3 is 0 Å². The van der Waals surface area contributed by atoms with Crippen LogP contribution in [0.3, 0.4) is 0 Å². The molecule has 1 rings (SSSR count). The molecule has 0 radical (unpaired) electrons. The van der Waals surface area contributed by atoms with Crippen molar-refractivity contribution in [3.63, 3.8) is 0 Å². The highest BCUT2D eigenvalue weighted by Gasteiger charge is 1.94. The Bertz CT molecular complexity index is 60.6. The molecule has 74 valence electrons. The molecule has 1 aliphatic heterocycles. The molecule has 0 unspecified atom stereocenters. The lowest BCUT2D eigenvalue weighted by Crippen LogP contribution is -1.97. The quantitative estimate of drug-likeness (QED) is 0.662. The van der Waals surface area contributed by atoms with Crippen molar-refractivity contribution in [2.24, 2.45) is 5.73 Å². The Morgan fingerprint density at radius 2 is 1.75 bits per heavy atom. The zero-order valence-corrected chi connectivity index (χ0v) is 8.35. The van der Waals surface area contributed by atoms with Crippen molar-refractivity contribution >= 4 is 0 Å². The van der Waals surface area contributed by atoms with E-state index in [0.717, 1.165) is 19.8 Å². The fraction of sp³-hybridized carbons (Fsp3) is 1.00. The molecule has 0 aromatic heterocycles. The largest absolute Gasteiger partial charge is 0.381 e. The molecule has 0 amide bonds. The first kappa shape index (κ1) is 11.9. The average Bonchev–Trinajstić information content (AvgIpc) is 2.62. The summed E-state index contributed by atoms with van der Waals surface area (Å²) in [7, 11) is 0. The van der Waals surface area contributed by atoms with Crippen molar-refractivity contribution in [2.75, 3.05) is 19.8 Å². The van der Waals surface area contributed by atoms with Crippen molar-refractivity contribution in [2.45, 2.75) is 45.4 Å². The van der Waals surface area contributed by atoms with Gasteiger partial charge in [0.2, 0.25) is 0 Å². The number of unbranched alkanes of at least 4 members (excludes halogenated alkanes) is 3. The third kappa shape index (κ3) is 9.92. The lowest BCUT2D eigenvalue weighted by molar-refractivity contribution is 0.198. The van der Waals surface area contributed by atoms with Gasteiger partial charge in [0.1, 0.15) is 0 Å². The number of hydrogen-bond donors (Lipinski definition) is 1. The molecule has 0 aliphatic carbocycles. The van der Waals surface area contributed by atoms with Crippen molar-refractivity contribution in [1.82, 2.24) is 0 Å². The van der Waals surface area contributed by atoms with E-state index in [1.54, 1.807) is 0 Å². The molecule has 1 saturated heterocycles. The van der Waals surface area contributed by atoms with Gasteiger partial charge < -0.3 is 10.5 Å². The summed E-state index contributed by atoms with van der Waals surface area (Å²) in [5.74, 6) is 0. The molecule has 0 bridgehead atoms. The molecule has 1 heterocycles. The third-order valence-electron chi connectivity index (χ3n) is 1.89. The Morgan fingerprint density at radius 3 is 2.08 bits per heavy atom. The van der Waals surface area contributed by atoms with Crippen molar-refractivity contribution in [3.8, 4) is 0 Å². The van der Waals surface area contributed by atoms with Crippen LogP contribution >= 0.6 is 0 Å². The van der Waals surface area contributed by atoms with Crippen molar-refractivity contribution in [3.05, 3.63) is 0 Å².